The smallest absolute Gasteiger partial charge is 0.302 e. The largest absolute Gasteiger partial charge is 0.466 e. The molecule has 0 fully saturated rings. The molecule has 16 heavy (non-hydrogen) atoms. The van der Waals surface area contributed by atoms with E-state index in [1.54, 1.807) is 0 Å². The van der Waals surface area contributed by atoms with Gasteiger partial charge in [-0.15, -0.1) is 0 Å². The highest BCUT2D eigenvalue weighted by Gasteiger charge is 1.88. The molecule has 0 spiro atoms. The van der Waals surface area contributed by atoms with Crippen LogP contribution in [-0.4, -0.2) is 12.6 Å². The van der Waals surface area contributed by atoms with Crippen molar-refractivity contribution < 1.29 is 9.53 Å². The maximum Gasteiger partial charge on any atom is 0.302 e. The summed E-state index contributed by atoms with van der Waals surface area (Å²) in [5.41, 5.74) is 0. The molecule has 0 saturated heterocycles. The van der Waals surface area contributed by atoms with Crippen molar-refractivity contribution in [3.8, 4) is 0 Å². The van der Waals surface area contributed by atoms with E-state index in [9.17, 15) is 4.79 Å². The summed E-state index contributed by atoms with van der Waals surface area (Å²) in [7, 11) is 0. The Hall–Kier alpha value is -0.530. The van der Waals surface area contributed by atoms with Gasteiger partial charge in [-0.2, -0.15) is 0 Å². The first-order valence-corrected chi connectivity index (χ1v) is 6.82. The minimum absolute atomic E-state index is 0.182. The van der Waals surface area contributed by atoms with Crippen molar-refractivity contribution in [3.63, 3.8) is 0 Å². The zero-order valence-corrected chi connectivity index (χ0v) is 11.7. The van der Waals surface area contributed by atoms with E-state index in [1.165, 1.54) is 45.4 Å². The fourth-order valence-electron chi connectivity index (χ4n) is 1.21. The molecule has 0 aromatic carbocycles. The summed E-state index contributed by atoms with van der Waals surface area (Å²) in [5, 5.41) is 0. The van der Waals surface area contributed by atoms with Crippen LogP contribution in [-0.2, 0) is 9.53 Å². The molecule has 0 unspecified atom stereocenters. The molecule has 98 valence electrons. The maximum absolute atomic E-state index is 10.1. The lowest BCUT2D eigenvalue weighted by Gasteiger charge is -1.96. The first kappa shape index (κ1) is 17.9. The second kappa shape index (κ2) is 16.9. The van der Waals surface area contributed by atoms with Gasteiger partial charge in [0.2, 0.25) is 0 Å². The number of hydrogen-bond acceptors (Lipinski definition) is 2. The van der Waals surface area contributed by atoms with Crippen LogP contribution in [0.3, 0.4) is 0 Å². The molecule has 0 aliphatic carbocycles. The molecule has 0 aromatic rings. The van der Waals surface area contributed by atoms with Crippen LogP contribution in [0, 0.1) is 0 Å². The van der Waals surface area contributed by atoms with Crippen LogP contribution in [0.2, 0.25) is 0 Å². The van der Waals surface area contributed by atoms with Crippen LogP contribution in [0.5, 0.6) is 0 Å². The van der Waals surface area contributed by atoms with Crippen molar-refractivity contribution in [2.24, 2.45) is 0 Å². The van der Waals surface area contributed by atoms with Crippen molar-refractivity contribution in [2.75, 3.05) is 6.61 Å². The average molecular weight is 230 g/mol. The highest BCUT2D eigenvalue weighted by molar-refractivity contribution is 5.65. The summed E-state index contributed by atoms with van der Waals surface area (Å²) >= 11 is 0. The molecular weight excluding hydrogens is 200 g/mol. The minimum Gasteiger partial charge on any atom is -0.466 e. The molecule has 0 amide bonds. The lowest BCUT2D eigenvalue weighted by atomic mass is 10.1. The SMILES string of the molecule is CCCCCCCC.CCCCOC(C)=O. The Labute approximate surface area is 102 Å². The van der Waals surface area contributed by atoms with Gasteiger partial charge in [0.1, 0.15) is 0 Å². The molecule has 2 heteroatoms. The van der Waals surface area contributed by atoms with E-state index in [0.717, 1.165) is 12.8 Å². The van der Waals surface area contributed by atoms with Crippen molar-refractivity contribution in [1.29, 1.82) is 0 Å². The third kappa shape index (κ3) is 23.4. The number of carbonyl (C=O) groups excluding carboxylic acids is 1. The summed E-state index contributed by atoms with van der Waals surface area (Å²) in [5.74, 6) is -0.182. The van der Waals surface area contributed by atoms with Crippen molar-refractivity contribution in [2.45, 2.75) is 79.1 Å². The number of rotatable bonds is 8. The molecule has 0 aromatic heterocycles. The Morgan fingerprint density at radius 3 is 1.56 bits per heavy atom. The van der Waals surface area contributed by atoms with Crippen LogP contribution in [0.15, 0.2) is 0 Å². The van der Waals surface area contributed by atoms with Gasteiger partial charge in [-0.25, -0.2) is 0 Å². The van der Waals surface area contributed by atoms with Crippen LogP contribution in [0.1, 0.15) is 79.1 Å². The summed E-state index contributed by atoms with van der Waals surface area (Å²) in [6.45, 7) is 8.57. The highest BCUT2D eigenvalue weighted by Crippen LogP contribution is 2.03. The molecule has 0 bridgehead atoms. The second-order valence-electron chi connectivity index (χ2n) is 4.11. The molecule has 2 nitrogen and oxygen atoms in total. The van der Waals surface area contributed by atoms with Crippen LogP contribution >= 0.6 is 0 Å². The van der Waals surface area contributed by atoms with Crippen LogP contribution < -0.4 is 0 Å². The molecule has 0 N–H and O–H groups in total. The van der Waals surface area contributed by atoms with Gasteiger partial charge in [0.15, 0.2) is 0 Å². The second-order valence-corrected chi connectivity index (χ2v) is 4.11. The van der Waals surface area contributed by atoms with Gasteiger partial charge >= 0.3 is 5.97 Å². The fourth-order valence-corrected chi connectivity index (χ4v) is 1.21. The summed E-state index contributed by atoms with van der Waals surface area (Å²) in [6.07, 6.45) is 10.5. The number of ether oxygens (including phenoxy) is 1. The number of unbranched alkanes of at least 4 members (excludes halogenated alkanes) is 6. The van der Waals surface area contributed by atoms with Crippen molar-refractivity contribution in [3.05, 3.63) is 0 Å². The van der Waals surface area contributed by atoms with Gasteiger partial charge in [-0.05, 0) is 6.42 Å². The third-order valence-electron chi connectivity index (χ3n) is 2.26. The molecule has 0 aliphatic rings. The minimum atomic E-state index is -0.182. The van der Waals surface area contributed by atoms with E-state index >= 15 is 0 Å². The van der Waals surface area contributed by atoms with Crippen molar-refractivity contribution >= 4 is 5.97 Å². The first-order chi connectivity index (χ1) is 7.68. The highest BCUT2D eigenvalue weighted by atomic mass is 16.5. The zero-order valence-electron chi connectivity index (χ0n) is 11.7. The number of esters is 1. The third-order valence-corrected chi connectivity index (χ3v) is 2.26. The zero-order chi connectivity index (χ0) is 12.6. The Morgan fingerprint density at radius 1 is 0.812 bits per heavy atom. The lowest BCUT2D eigenvalue weighted by molar-refractivity contribution is -0.141. The molecule has 0 aliphatic heterocycles. The predicted octanol–water partition coefficient (Wildman–Crippen LogP) is 4.72. The fraction of sp³-hybridized carbons (Fsp3) is 0.929. The molecule has 0 radical (unpaired) electrons. The van der Waals surface area contributed by atoms with Gasteiger partial charge in [-0.3, -0.25) is 4.79 Å². The van der Waals surface area contributed by atoms with E-state index in [2.05, 4.69) is 25.5 Å². The monoisotopic (exact) mass is 230 g/mol. The van der Waals surface area contributed by atoms with E-state index in [0.29, 0.717) is 6.61 Å². The quantitative estimate of drug-likeness (QED) is 0.445. The molecular formula is C14H30O2. The van der Waals surface area contributed by atoms with E-state index in [1.807, 2.05) is 0 Å². The topological polar surface area (TPSA) is 26.3 Å². The van der Waals surface area contributed by atoms with E-state index < -0.39 is 0 Å². The Morgan fingerprint density at radius 2 is 1.25 bits per heavy atom. The molecule has 0 saturated carbocycles. The van der Waals surface area contributed by atoms with Gasteiger partial charge in [0.25, 0.3) is 0 Å². The molecule has 0 atom stereocenters. The van der Waals surface area contributed by atoms with Crippen molar-refractivity contribution in [1.82, 2.24) is 0 Å². The van der Waals surface area contributed by atoms with E-state index in [4.69, 9.17) is 0 Å². The van der Waals surface area contributed by atoms with E-state index in [-0.39, 0.29) is 5.97 Å². The van der Waals surface area contributed by atoms with Gasteiger partial charge in [-0.1, -0.05) is 65.7 Å². The summed E-state index contributed by atoms with van der Waals surface area (Å²) in [6, 6.07) is 0. The van der Waals surface area contributed by atoms with Gasteiger partial charge in [0.05, 0.1) is 6.61 Å². The summed E-state index contributed by atoms with van der Waals surface area (Å²) in [4.78, 5) is 10.1. The number of carbonyl (C=O) groups is 1. The first-order valence-electron chi connectivity index (χ1n) is 6.82. The normalized spacial score (nSPS) is 9.25. The van der Waals surface area contributed by atoms with Gasteiger partial charge in [0, 0.05) is 6.92 Å². The predicted molar refractivity (Wildman–Crippen MR) is 70.6 cm³/mol. The molecule has 0 rings (SSSR count). The Bertz CT molecular complexity index is 127. The number of hydrogen-bond donors (Lipinski definition) is 0. The Kier molecular flexibility index (Phi) is 18.8. The van der Waals surface area contributed by atoms with Crippen LogP contribution in [0.25, 0.3) is 0 Å². The lowest BCUT2D eigenvalue weighted by Crippen LogP contribution is -1.99. The maximum atomic E-state index is 10.1. The summed E-state index contributed by atoms with van der Waals surface area (Å²) < 4.78 is 4.64. The average Bonchev–Trinajstić information content (AvgIpc) is 2.25. The standard InChI is InChI=1S/C8H18.C6H12O2/c1-3-5-7-8-6-4-2;1-3-4-5-8-6(2)7/h3-8H2,1-2H3;3-5H2,1-2H3. The van der Waals surface area contributed by atoms with Gasteiger partial charge < -0.3 is 4.74 Å². The Balaban J connectivity index is 0. The molecule has 0 heterocycles. The van der Waals surface area contributed by atoms with Crippen LogP contribution in [0.4, 0.5) is 0 Å².